The van der Waals surface area contributed by atoms with Gasteiger partial charge in [-0.25, -0.2) is 0 Å². The molecule has 1 aliphatic carbocycles. The minimum Gasteiger partial charge on any atom is -0.417 e. The Morgan fingerprint density at radius 3 is 2.29 bits per heavy atom. The van der Waals surface area contributed by atoms with Gasteiger partial charge in [0.05, 0.1) is 6.54 Å². The van der Waals surface area contributed by atoms with E-state index >= 15 is 0 Å². The lowest BCUT2D eigenvalue weighted by Crippen LogP contribution is -2.42. The molecule has 0 aliphatic heterocycles. The molecule has 0 bridgehead atoms. The van der Waals surface area contributed by atoms with Crippen LogP contribution in [0.15, 0.2) is 35.3 Å². The lowest BCUT2D eigenvalue weighted by atomic mass is 9.83. The van der Waals surface area contributed by atoms with Crippen LogP contribution < -0.4 is 0 Å². The van der Waals surface area contributed by atoms with Gasteiger partial charge in [0.15, 0.2) is 8.32 Å². The molecule has 0 spiro atoms. The van der Waals surface area contributed by atoms with Crippen molar-refractivity contribution in [3.63, 3.8) is 0 Å². The third kappa shape index (κ3) is 5.85. The molecular weight excluding hydrogens is 310 g/mol. The fourth-order valence-corrected chi connectivity index (χ4v) is 4.02. The summed E-state index contributed by atoms with van der Waals surface area (Å²) in [6.07, 6.45) is 7.32. The van der Waals surface area contributed by atoms with E-state index in [1.54, 1.807) is 0 Å². The molecule has 0 amide bonds. The SMILES string of the molecule is CC(C)(C)[Si](C)(C)OCC1CCC(C=NCc2ccccc2)CC1. The van der Waals surface area contributed by atoms with Gasteiger partial charge in [-0.2, -0.15) is 0 Å². The molecular formula is C21H35NOSi. The molecule has 2 nitrogen and oxygen atoms in total. The lowest BCUT2D eigenvalue weighted by Gasteiger charge is -2.38. The molecule has 0 heterocycles. The highest BCUT2D eigenvalue weighted by atomic mass is 28.4. The first-order valence-electron chi connectivity index (χ1n) is 9.46. The van der Waals surface area contributed by atoms with Gasteiger partial charge in [0.25, 0.3) is 0 Å². The summed E-state index contributed by atoms with van der Waals surface area (Å²) in [6.45, 7) is 13.4. The summed E-state index contributed by atoms with van der Waals surface area (Å²) in [7, 11) is -1.59. The molecule has 1 aromatic rings. The summed E-state index contributed by atoms with van der Waals surface area (Å²) in [5.74, 6) is 1.41. The van der Waals surface area contributed by atoms with Gasteiger partial charge in [-0.1, -0.05) is 51.1 Å². The minimum absolute atomic E-state index is 0.314. The van der Waals surface area contributed by atoms with Crippen molar-refractivity contribution in [2.24, 2.45) is 16.8 Å². The predicted molar refractivity (Wildman–Crippen MR) is 107 cm³/mol. The number of hydrogen-bond donors (Lipinski definition) is 0. The van der Waals surface area contributed by atoms with Gasteiger partial charge >= 0.3 is 0 Å². The maximum absolute atomic E-state index is 6.41. The van der Waals surface area contributed by atoms with Gasteiger partial charge in [-0.15, -0.1) is 0 Å². The second-order valence-electron chi connectivity index (χ2n) is 8.83. The summed E-state index contributed by atoms with van der Waals surface area (Å²) in [5, 5.41) is 0.314. The Morgan fingerprint density at radius 2 is 1.71 bits per heavy atom. The first-order chi connectivity index (χ1) is 11.3. The summed E-state index contributed by atoms with van der Waals surface area (Å²) in [4.78, 5) is 4.66. The molecule has 3 heteroatoms. The van der Waals surface area contributed by atoms with E-state index in [1.807, 2.05) is 0 Å². The van der Waals surface area contributed by atoms with Crippen molar-refractivity contribution in [3.8, 4) is 0 Å². The second kappa shape index (κ2) is 8.44. The van der Waals surface area contributed by atoms with Crippen LogP contribution in [0.2, 0.25) is 18.1 Å². The van der Waals surface area contributed by atoms with Crippen molar-refractivity contribution in [2.45, 2.75) is 71.1 Å². The topological polar surface area (TPSA) is 21.6 Å². The minimum atomic E-state index is -1.59. The molecule has 0 N–H and O–H groups in total. The zero-order valence-corrected chi connectivity index (χ0v) is 17.2. The van der Waals surface area contributed by atoms with E-state index in [4.69, 9.17) is 4.43 Å². The van der Waals surface area contributed by atoms with Crippen molar-refractivity contribution < 1.29 is 4.43 Å². The normalized spacial score (nSPS) is 22.9. The van der Waals surface area contributed by atoms with Crippen LogP contribution >= 0.6 is 0 Å². The number of rotatable bonds is 6. The van der Waals surface area contributed by atoms with E-state index in [1.165, 1.54) is 31.2 Å². The molecule has 134 valence electrons. The molecule has 2 rings (SSSR count). The highest BCUT2D eigenvalue weighted by Crippen LogP contribution is 2.38. The summed E-state index contributed by atoms with van der Waals surface area (Å²) in [5.41, 5.74) is 1.30. The van der Waals surface area contributed by atoms with Gasteiger partial charge in [-0.3, -0.25) is 4.99 Å². The molecule has 0 saturated heterocycles. The van der Waals surface area contributed by atoms with Crippen LogP contribution in [0.4, 0.5) is 0 Å². The van der Waals surface area contributed by atoms with Crippen LogP contribution in [-0.2, 0) is 11.0 Å². The monoisotopic (exact) mass is 345 g/mol. The smallest absolute Gasteiger partial charge is 0.191 e. The highest BCUT2D eigenvalue weighted by Gasteiger charge is 2.37. The molecule has 0 unspecified atom stereocenters. The average molecular weight is 346 g/mol. The van der Waals surface area contributed by atoms with Gasteiger partial charge in [-0.05, 0) is 61.2 Å². The van der Waals surface area contributed by atoms with E-state index in [2.05, 4.69) is 75.4 Å². The van der Waals surface area contributed by atoms with Crippen LogP contribution in [0, 0.1) is 11.8 Å². The van der Waals surface area contributed by atoms with Crippen molar-refractivity contribution >= 4 is 14.5 Å². The Kier molecular flexibility index (Phi) is 6.82. The number of benzene rings is 1. The number of hydrogen-bond acceptors (Lipinski definition) is 2. The molecule has 1 aliphatic rings. The van der Waals surface area contributed by atoms with Gasteiger partial charge < -0.3 is 4.43 Å². The maximum atomic E-state index is 6.41. The summed E-state index contributed by atoms with van der Waals surface area (Å²) in [6, 6.07) is 10.5. The Morgan fingerprint density at radius 1 is 1.08 bits per heavy atom. The zero-order chi connectivity index (χ0) is 17.6. The molecule has 1 fully saturated rings. The fourth-order valence-electron chi connectivity index (χ4n) is 2.94. The van der Waals surface area contributed by atoms with E-state index in [0.717, 1.165) is 19.1 Å². The van der Waals surface area contributed by atoms with E-state index in [0.29, 0.717) is 11.0 Å². The molecule has 0 aromatic heterocycles. The zero-order valence-electron chi connectivity index (χ0n) is 16.2. The van der Waals surface area contributed by atoms with E-state index in [-0.39, 0.29) is 0 Å². The van der Waals surface area contributed by atoms with E-state index in [9.17, 15) is 0 Å². The quantitative estimate of drug-likeness (QED) is 0.452. The number of aliphatic imine (C=N–C) groups is 1. The Balaban J connectivity index is 1.70. The van der Waals surface area contributed by atoms with Crippen molar-refractivity contribution in [3.05, 3.63) is 35.9 Å². The largest absolute Gasteiger partial charge is 0.417 e. The van der Waals surface area contributed by atoms with Gasteiger partial charge in [0.2, 0.25) is 0 Å². The Bertz CT molecular complexity index is 510. The molecule has 0 radical (unpaired) electrons. The fraction of sp³-hybridized carbons (Fsp3) is 0.667. The highest BCUT2D eigenvalue weighted by molar-refractivity contribution is 6.74. The van der Waals surface area contributed by atoms with Crippen LogP contribution in [0.25, 0.3) is 0 Å². The second-order valence-corrected chi connectivity index (χ2v) is 13.6. The van der Waals surface area contributed by atoms with Crippen LogP contribution in [0.3, 0.4) is 0 Å². The third-order valence-electron chi connectivity index (χ3n) is 5.81. The van der Waals surface area contributed by atoms with Crippen molar-refractivity contribution in [1.82, 2.24) is 0 Å². The van der Waals surface area contributed by atoms with Crippen LogP contribution in [-0.4, -0.2) is 21.1 Å². The maximum Gasteiger partial charge on any atom is 0.191 e. The summed E-state index contributed by atoms with van der Waals surface area (Å²) >= 11 is 0. The Labute approximate surface area is 149 Å². The third-order valence-corrected chi connectivity index (χ3v) is 10.3. The first kappa shape index (κ1) is 19.4. The lowest BCUT2D eigenvalue weighted by molar-refractivity contribution is 0.185. The van der Waals surface area contributed by atoms with Gasteiger partial charge in [0, 0.05) is 12.8 Å². The molecule has 24 heavy (non-hydrogen) atoms. The van der Waals surface area contributed by atoms with Crippen molar-refractivity contribution in [1.29, 1.82) is 0 Å². The average Bonchev–Trinajstić information content (AvgIpc) is 2.54. The first-order valence-corrected chi connectivity index (χ1v) is 12.4. The van der Waals surface area contributed by atoms with Crippen LogP contribution in [0.1, 0.15) is 52.0 Å². The molecule has 1 saturated carbocycles. The van der Waals surface area contributed by atoms with Crippen LogP contribution in [0.5, 0.6) is 0 Å². The number of nitrogens with zero attached hydrogens (tertiary/aromatic N) is 1. The van der Waals surface area contributed by atoms with E-state index < -0.39 is 8.32 Å². The Hall–Kier alpha value is -0.933. The molecule has 0 atom stereocenters. The molecule has 1 aromatic carbocycles. The van der Waals surface area contributed by atoms with Crippen molar-refractivity contribution in [2.75, 3.05) is 6.61 Å². The predicted octanol–water partition coefficient (Wildman–Crippen LogP) is 6.09. The summed E-state index contributed by atoms with van der Waals surface area (Å²) < 4.78 is 6.41. The van der Waals surface area contributed by atoms with Gasteiger partial charge in [0.1, 0.15) is 0 Å². The standard InChI is InChI=1S/C21H35NOSi/c1-21(2,3)24(4,5)23-17-20-13-11-19(12-14-20)16-22-15-18-9-7-6-8-10-18/h6-10,16,19-20H,11-15,17H2,1-5H3.